The summed E-state index contributed by atoms with van der Waals surface area (Å²) in [4.78, 5) is 11.0. The van der Waals surface area contributed by atoms with Gasteiger partial charge in [0.05, 0.1) is 0 Å². The molecule has 0 saturated carbocycles. The fourth-order valence-electron chi connectivity index (χ4n) is 2.19. The summed E-state index contributed by atoms with van der Waals surface area (Å²) in [6, 6.07) is 9.99. The molecule has 1 aromatic rings. The van der Waals surface area contributed by atoms with Crippen LogP contribution in [0, 0.1) is 16.0 Å². The van der Waals surface area contributed by atoms with E-state index in [-0.39, 0.29) is 17.4 Å². The maximum Gasteiger partial charge on any atom is 0.207 e. The summed E-state index contributed by atoms with van der Waals surface area (Å²) in [7, 11) is 0. The lowest BCUT2D eigenvalue weighted by atomic mass is 9.84. The lowest BCUT2D eigenvalue weighted by Crippen LogP contribution is -2.18. The van der Waals surface area contributed by atoms with Crippen molar-refractivity contribution in [3.05, 3.63) is 63.7 Å². The predicted octanol–water partition coefficient (Wildman–Crippen LogP) is 3.68. The molecule has 0 fully saturated rings. The van der Waals surface area contributed by atoms with Gasteiger partial charge in [0.1, 0.15) is 0 Å². The molecule has 19 heavy (non-hydrogen) atoms. The topological polar surface area (TPSA) is 43.1 Å². The first-order valence-electron chi connectivity index (χ1n) is 6.22. The van der Waals surface area contributed by atoms with Crippen LogP contribution in [0.25, 0.3) is 5.57 Å². The van der Waals surface area contributed by atoms with Gasteiger partial charge < -0.3 is 0 Å². The average Bonchev–Trinajstić information content (AvgIpc) is 2.41. The average molecular weight is 273 g/mol. The lowest BCUT2D eigenvalue weighted by Gasteiger charge is -2.22. The fraction of sp³-hybridized carbons (Fsp3) is 0.267. The van der Waals surface area contributed by atoms with Crippen LogP contribution in [-0.2, 0) is 0 Å². The molecule has 98 valence electrons. The molecule has 2 rings (SSSR count). The molecule has 0 amide bonds. The Morgan fingerprint density at radius 2 is 1.95 bits per heavy atom. The van der Waals surface area contributed by atoms with Gasteiger partial charge in [-0.15, -0.1) is 0 Å². The first-order valence-corrected chi connectivity index (χ1v) is 6.62. The van der Waals surface area contributed by atoms with Crippen LogP contribution in [-0.4, -0.2) is 16.3 Å². The summed E-state index contributed by atoms with van der Waals surface area (Å²) in [6.07, 6.45) is 4.42. The van der Waals surface area contributed by atoms with Crippen molar-refractivity contribution in [2.24, 2.45) is 5.92 Å². The smallest absolute Gasteiger partial charge is 0.207 e. The van der Waals surface area contributed by atoms with Crippen molar-refractivity contribution < 1.29 is 4.92 Å². The second-order valence-electron chi connectivity index (χ2n) is 4.58. The largest absolute Gasteiger partial charge is 0.265 e. The van der Waals surface area contributed by atoms with Crippen LogP contribution < -0.4 is 0 Å². The van der Waals surface area contributed by atoms with E-state index in [0.717, 1.165) is 21.6 Å². The van der Waals surface area contributed by atoms with Crippen LogP contribution in [0.5, 0.6) is 0 Å². The van der Waals surface area contributed by atoms with Gasteiger partial charge in [0.25, 0.3) is 0 Å². The highest BCUT2D eigenvalue weighted by Crippen LogP contribution is 2.30. The highest BCUT2D eigenvalue weighted by Gasteiger charge is 2.22. The molecule has 1 aliphatic carbocycles. The monoisotopic (exact) mass is 273 g/mol. The Morgan fingerprint density at radius 1 is 1.26 bits per heavy atom. The van der Waals surface area contributed by atoms with E-state index in [2.05, 4.69) is 0 Å². The molecule has 0 aliphatic heterocycles. The van der Waals surface area contributed by atoms with Crippen molar-refractivity contribution in [3.8, 4) is 0 Å². The number of benzene rings is 1. The van der Waals surface area contributed by atoms with Gasteiger partial charge in [0.2, 0.25) is 6.54 Å². The number of nitro groups is 1. The van der Waals surface area contributed by atoms with Crippen LogP contribution >= 0.6 is 12.2 Å². The molecule has 0 spiro atoms. The van der Waals surface area contributed by atoms with Crippen LogP contribution in [0.3, 0.4) is 0 Å². The normalized spacial score (nSPS) is 18.8. The maximum absolute atomic E-state index is 10.4. The standard InChI is InChI=1S/C15H15NO2S/c1-11-12(9-10-16(17)18)7-8-14(15(11)19)13-5-3-2-4-6-13/h2-8,11H,9-10H2,1H3. The van der Waals surface area contributed by atoms with E-state index in [4.69, 9.17) is 12.2 Å². The van der Waals surface area contributed by atoms with E-state index < -0.39 is 0 Å². The third-order valence-electron chi connectivity index (χ3n) is 3.35. The van der Waals surface area contributed by atoms with Crippen LogP contribution in [0.4, 0.5) is 0 Å². The van der Waals surface area contributed by atoms with Crippen molar-refractivity contribution >= 4 is 22.7 Å². The Morgan fingerprint density at radius 3 is 2.58 bits per heavy atom. The summed E-state index contributed by atoms with van der Waals surface area (Å²) < 4.78 is 0. The van der Waals surface area contributed by atoms with Crippen molar-refractivity contribution in [2.75, 3.05) is 6.54 Å². The second-order valence-corrected chi connectivity index (χ2v) is 5.02. The quantitative estimate of drug-likeness (QED) is 0.477. The number of thiocarbonyl (C=S) groups is 1. The van der Waals surface area contributed by atoms with Crippen LogP contribution in [0.2, 0.25) is 0 Å². The molecule has 1 atom stereocenters. The summed E-state index contributed by atoms with van der Waals surface area (Å²) in [6.45, 7) is 1.98. The van der Waals surface area contributed by atoms with E-state index in [1.807, 2.05) is 49.4 Å². The zero-order valence-corrected chi connectivity index (χ0v) is 11.5. The van der Waals surface area contributed by atoms with Crippen molar-refractivity contribution in [1.29, 1.82) is 0 Å². The Balaban J connectivity index is 2.24. The SMILES string of the molecule is CC1C(=S)C(c2ccccc2)=CC=C1CC[N+](=O)[O-]. The molecule has 1 aromatic carbocycles. The van der Waals surface area contributed by atoms with Gasteiger partial charge in [-0.3, -0.25) is 10.1 Å². The lowest BCUT2D eigenvalue weighted by molar-refractivity contribution is -0.479. The minimum Gasteiger partial charge on any atom is -0.265 e. The van der Waals surface area contributed by atoms with Gasteiger partial charge in [0, 0.05) is 22.1 Å². The molecule has 4 heteroatoms. The zero-order valence-electron chi connectivity index (χ0n) is 10.7. The number of nitrogens with zero attached hydrogens (tertiary/aromatic N) is 1. The van der Waals surface area contributed by atoms with Gasteiger partial charge in [-0.25, -0.2) is 0 Å². The van der Waals surface area contributed by atoms with Crippen LogP contribution in [0.1, 0.15) is 18.9 Å². The Kier molecular flexibility index (Phi) is 4.22. The molecular formula is C15H15NO2S. The van der Waals surface area contributed by atoms with Gasteiger partial charge in [-0.05, 0) is 11.1 Å². The number of hydrogen-bond acceptors (Lipinski definition) is 3. The van der Waals surface area contributed by atoms with E-state index in [0.29, 0.717) is 6.42 Å². The third-order valence-corrected chi connectivity index (χ3v) is 3.92. The zero-order chi connectivity index (χ0) is 13.8. The highest BCUT2D eigenvalue weighted by atomic mass is 32.1. The van der Waals surface area contributed by atoms with E-state index >= 15 is 0 Å². The molecular weight excluding hydrogens is 258 g/mol. The molecule has 0 N–H and O–H groups in total. The Labute approximate surface area is 117 Å². The molecule has 0 radical (unpaired) electrons. The summed E-state index contributed by atoms with van der Waals surface area (Å²) in [5.74, 6) is 0.0927. The Bertz CT molecular complexity index is 561. The van der Waals surface area contributed by atoms with E-state index in [1.54, 1.807) is 0 Å². The number of allylic oxidation sites excluding steroid dienone is 3. The highest BCUT2D eigenvalue weighted by molar-refractivity contribution is 7.81. The van der Waals surface area contributed by atoms with Crippen molar-refractivity contribution in [3.63, 3.8) is 0 Å². The van der Waals surface area contributed by atoms with Crippen molar-refractivity contribution in [2.45, 2.75) is 13.3 Å². The molecule has 1 unspecified atom stereocenters. The van der Waals surface area contributed by atoms with Gasteiger partial charge in [-0.1, -0.05) is 67.2 Å². The minimum atomic E-state index is -0.285. The van der Waals surface area contributed by atoms with Crippen molar-refractivity contribution in [1.82, 2.24) is 0 Å². The molecule has 0 saturated heterocycles. The molecule has 1 aliphatic rings. The van der Waals surface area contributed by atoms with E-state index in [9.17, 15) is 10.1 Å². The third kappa shape index (κ3) is 3.15. The Hall–Kier alpha value is -1.81. The summed E-state index contributed by atoms with van der Waals surface area (Å²) in [5.41, 5.74) is 3.19. The first kappa shape index (κ1) is 13.6. The van der Waals surface area contributed by atoms with Gasteiger partial charge >= 0.3 is 0 Å². The second kappa shape index (κ2) is 5.89. The van der Waals surface area contributed by atoms with Gasteiger partial charge in [0.15, 0.2) is 0 Å². The minimum absolute atomic E-state index is 0.0344. The van der Waals surface area contributed by atoms with Gasteiger partial charge in [-0.2, -0.15) is 0 Å². The molecule has 0 bridgehead atoms. The van der Waals surface area contributed by atoms with E-state index in [1.165, 1.54) is 0 Å². The molecule has 3 nitrogen and oxygen atoms in total. The fourth-order valence-corrected chi connectivity index (χ4v) is 2.53. The first-order chi connectivity index (χ1) is 9.09. The number of rotatable bonds is 4. The molecule has 0 aromatic heterocycles. The van der Waals surface area contributed by atoms with Crippen LogP contribution in [0.15, 0.2) is 48.1 Å². The summed E-state index contributed by atoms with van der Waals surface area (Å²) in [5, 5.41) is 10.4. The summed E-state index contributed by atoms with van der Waals surface area (Å²) >= 11 is 5.51. The maximum atomic E-state index is 10.4. The number of hydrogen-bond donors (Lipinski definition) is 0. The molecule has 0 heterocycles. The predicted molar refractivity (Wildman–Crippen MR) is 80.7 cm³/mol.